The first-order valence-corrected chi connectivity index (χ1v) is 13.3. The van der Waals surface area contributed by atoms with E-state index in [9.17, 15) is 4.79 Å². The van der Waals surface area contributed by atoms with E-state index in [1.54, 1.807) is 6.92 Å². The quantitative estimate of drug-likeness (QED) is 0.281. The zero-order valence-electron chi connectivity index (χ0n) is 18.9. The molecule has 4 aromatic carbocycles. The van der Waals surface area contributed by atoms with Crippen LogP contribution in [0.4, 0.5) is 5.69 Å². The van der Waals surface area contributed by atoms with Crippen molar-refractivity contribution in [2.45, 2.75) is 15.9 Å². The highest BCUT2D eigenvalue weighted by molar-refractivity contribution is 8.27. The number of nitrogens with zero attached hydrogens (tertiary/aromatic N) is 2. The van der Waals surface area contributed by atoms with Gasteiger partial charge in [0.1, 0.15) is 0 Å². The minimum absolute atomic E-state index is 0.0409. The zero-order chi connectivity index (χ0) is 24.0. The van der Waals surface area contributed by atoms with Crippen molar-refractivity contribution in [1.82, 2.24) is 0 Å². The van der Waals surface area contributed by atoms with E-state index in [1.165, 1.54) is 28.5 Å². The molecule has 0 saturated heterocycles. The molecule has 0 amide bonds. The second-order valence-corrected chi connectivity index (χ2v) is 11.8. The van der Waals surface area contributed by atoms with Gasteiger partial charge in [0.15, 0.2) is 15.0 Å². The molecule has 2 aliphatic heterocycles. The predicted octanol–water partition coefficient (Wildman–Crippen LogP) is 7.64. The van der Waals surface area contributed by atoms with Crippen LogP contribution in [0.3, 0.4) is 0 Å². The number of halogens is 1. The Morgan fingerprint density at radius 1 is 0.771 bits per heavy atom. The third-order valence-corrected chi connectivity index (χ3v) is 10.0. The van der Waals surface area contributed by atoms with Gasteiger partial charge in [-0.2, -0.15) is 5.10 Å². The highest BCUT2D eigenvalue weighted by Gasteiger charge is 2.61. The van der Waals surface area contributed by atoms with Crippen LogP contribution in [0.1, 0.15) is 29.2 Å². The fraction of sp³-hybridized carbons (Fsp3) is 0.103. The Morgan fingerprint density at radius 3 is 1.89 bits per heavy atom. The molecule has 2 aliphatic rings. The number of thioether (sulfide) groups is 2. The molecule has 0 unspecified atom stereocenters. The molecule has 1 atom stereocenters. The largest absolute Gasteiger partial charge is 0.292 e. The Hall–Kier alpha value is -2.99. The van der Waals surface area contributed by atoms with Crippen molar-refractivity contribution in [3.05, 3.63) is 136 Å². The van der Waals surface area contributed by atoms with Gasteiger partial charge in [-0.3, -0.25) is 4.79 Å². The summed E-state index contributed by atoms with van der Waals surface area (Å²) in [5.41, 5.74) is 5.60. The molecule has 0 aliphatic carbocycles. The van der Waals surface area contributed by atoms with Gasteiger partial charge in [-0.05, 0) is 41.0 Å². The molecule has 0 bridgehead atoms. The molecule has 0 saturated carbocycles. The summed E-state index contributed by atoms with van der Waals surface area (Å²) in [6, 6.07) is 37.4. The van der Waals surface area contributed by atoms with E-state index in [2.05, 4.69) is 72.8 Å². The lowest BCUT2D eigenvalue weighted by Crippen LogP contribution is -2.34. The number of rotatable bonds is 4. The molecule has 0 radical (unpaired) electrons. The minimum Gasteiger partial charge on any atom is -0.292 e. The fourth-order valence-electron chi connectivity index (χ4n) is 4.86. The molecule has 0 aromatic heterocycles. The number of ketones is 1. The second-order valence-electron chi connectivity index (χ2n) is 8.49. The Kier molecular flexibility index (Phi) is 5.52. The molecule has 0 fully saturated rings. The Balaban J connectivity index is 1.64. The summed E-state index contributed by atoms with van der Waals surface area (Å²) in [4.78, 5) is 12.6. The van der Waals surface area contributed by atoms with E-state index in [0.717, 1.165) is 11.3 Å². The van der Waals surface area contributed by atoms with Gasteiger partial charge in [-0.1, -0.05) is 120 Å². The SMILES string of the molecule is CC(=O)C1=NN(c2ccc(Cl)cc2)[C@]2(S1)SC(c1ccccc1)(c1ccccc1)c1ccccc12. The lowest BCUT2D eigenvalue weighted by atomic mass is 9.82. The summed E-state index contributed by atoms with van der Waals surface area (Å²) in [5.74, 6) is -0.0409. The minimum atomic E-state index is -0.670. The van der Waals surface area contributed by atoms with Crippen LogP contribution in [0, 0.1) is 0 Å². The van der Waals surface area contributed by atoms with Gasteiger partial charge in [0, 0.05) is 17.5 Å². The van der Waals surface area contributed by atoms with Crippen LogP contribution in [-0.4, -0.2) is 10.8 Å². The van der Waals surface area contributed by atoms with Crippen molar-refractivity contribution < 1.29 is 4.79 Å². The van der Waals surface area contributed by atoms with Gasteiger partial charge in [0.25, 0.3) is 0 Å². The first kappa shape index (κ1) is 22.5. The molecule has 2 heterocycles. The van der Waals surface area contributed by atoms with Crippen molar-refractivity contribution >= 4 is 51.6 Å². The number of carbonyl (C=O) groups excluding carboxylic acids is 1. The Bertz CT molecular complexity index is 1400. The van der Waals surface area contributed by atoms with E-state index in [1.807, 2.05) is 53.2 Å². The van der Waals surface area contributed by atoms with Gasteiger partial charge >= 0.3 is 0 Å². The molecule has 1 spiro atoms. The van der Waals surface area contributed by atoms with Gasteiger partial charge < -0.3 is 0 Å². The molecule has 6 rings (SSSR count). The number of hydrogen-bond acceptors (Lipinski definition) is 5. The summed E-state index contributed by atoms with van der Waals surface area (Å²) in [7, 11) is 0. The van der Waals surface area contributed by atoms with E-state index in [-0.39, 0.29) is 5.78 Å². The molecule has 3 nitrogen and oxygen atoms in total. The highest BCUT2D eigenvalue weighted by Crippen LogP contribution is 2.70. The summed E-state index contributed by atoms with van der Waals surface area (Å²) in [6.07, 6.45) is 0. The number of hydrazone groups is 1. The first-order valence-electron chi connectivity index (χ1n) is 11.3. The van der Waals surface area contributed by atoms with Crippen molar-refractivity contribution in [2.24, 2.45) is 5.10 Å². The molecular formula is C29H21ClN2OS2. The predicted molar refractivity (Wildman–Crippen MR) is 148 cm³/mol. The van der Waals surface area contributed by atoms with Crippen LogP contribution in [-0.2, 0) is 13.7 Å². The molecule has 4 aromatic rings. The highest BCUT2D eigenvalue weighted by atomic mass is 35.5. The molecule has 0 N–H and O–H groups in total. The average molecular weight is 513 g/mol. The van der Waals surface area contributed by atoms with Gasteiger partial charge in [-0.25, -0.2) is 5.01 Å². The van der Waals surface area contributed by atoms with Crippen LogP contribution in [0.15, 0.2) is 114 Å². The Morgan fingerprint density at radius 2 is 1.31 bits per heavy atom. The lowest BCUT2D eigenvalue weighted by Gasteiger charge is -2.37. The molecular weight excluding hydrogens is 492 g/mol. The lowest BCUT2D eigenvalue weighted by molar-refractivity contribution is -0.110. The molecule has 172 valence electrons. The van der Waals surface area contributed by atoms with E-state index >= 15 is 0 Å². The van der Waals surface area contributed by atoms with E-state index in [0.29, 0.717) is 10.1 Å². The van der Waals surface area contributed by atoms with Crippen LogP contribution in [0.25, 0.3) is 0 Å². The summed E-state index contributed by atoms with van der Waals surface area (Å²) < 4.78 is -1.16. The number of benzene rings is 4. The number of anilines is 1. The first-order chi connectivity index (χ1) is 17.0. The van der Waals surface area contributed by atoms with Gasteiger partial charge in [0.05, 0.1) is 10.4 Å². The fourth-order valence-corrected chi connectivity index (χ4v) is 8.55. The van der Waals surface area contributed by atoms with Crippen molar-refractivity contribution in [3.63, 3.8) is 0 Å². The number of hydrogen-bond donors (Lipinski definition) is 0. The van der Waals surface area contributed by atoms with Crippen LogP contribution >= 0.6 is 35.1 Å². The third-order valence-electron chi connectivity index (χ3n) is 6.38. The maximum absolute atomic E-state index is 12.6. The Labute approximate surface area is 218 Å². The van der Waals surface area contributed by atoms with Crippen molar-refractivity contribution in [3.8, 4) is 0 Å². The molecule has 35 heavy (non-hydrogen) atoms. The smallest absolute Gasteiger partial charge is 0.187 e. The number of fused-ring (bicyclic) bond motifs is 2. The monoisotopic (exact) mass is 512 g/mol. The van der Waals surface area contributed by atoms with Crippen LogP contribution in [0.2, 0.25) is 5.02 Å². The van der Waals surface area contributed by atoms with Gasteiger partial charge in [-0.15, -0.1) is 0 Å². The number of carbonyl (C=O) groups is 1. The van der Waals surface area contributed by atoms with Gasteiger partial charge in [0.2, 0.25) is 0 Å². The van der Waals surface area contributed by atoms with Crippen molar-refractivity contribution in [2.75, 3.05) is 5.01 Å². The van der Waals surface area contributed by atoms with E-state index in [4.69, 9.17) is 16.7 Å². The van der Waals surface area contributed by atoms with E-state index < -0.39 is 8.95 Å². The third kappa shape index (κ3) is 3.45. The maximum atomic E-state index is 12.6. The number of Topliss-reactive ketones (excluding diaryl/α,β-unsaturated/α-hetero) is 1. The van der Waals surface area contributed by atoms with Crippen LogP contribution < -0.4 is 5.01 Å². The van der Waals surface area contributed by atoms with Crippen LogP contribution in [0.5, 0.6) is 0 Å². The molecule has 6 heteroatoms. The maximum Gasteiger partial charge on any atom is 0.187 e. The average Bonchev–Trinajstić information content (AvgIpc) is 3.43. The summed E-state index contributed by atoms with van der Waals surface area (Å²) in [5, 5.41) is 8.04. The second kappa shape index (κ2) is 8.59. The standard InChI is InChI=1S/C29H21ClN2OS2/c1-20(33)27-31-32(24-18-16-23(30)17-19-24)29(34-27)26-15-9-8-14-25(26)28(35-29,21-10-4-2-5-11-21)22-12-6-3-7-13-22/h2-19H,1H3/t29-/m1/s1. The topological polar surface area (TPSA) is 32.7 Å². The summed E-state index contributed by atoms with van der Waals surface area (Å²) >= 11 is 9.56. The summed E-state index contributed by atoms with van der Waals surface area (Å²) in [6.45, 7) is 1.58. The zero-order valence-corrected chi connectivity index (χ0v) is 21.3. The normalized spacial score (nSPS) is 20.1. The van der Waals surface area contributed by atoms with Crippen molar-refractivity contribution in [1.29, 1.82) is 0 Å².